The molecule has 21 heavy (non-hydrogen) atoms. The van der Waals surface area contributed by atoms with Crippen LogP contribution in [0, 0.1) is 0 Å². The van der Waals surface area contributed by atoms with Crippen LogP contribution in [0.2, 0.25) is 5.02 Å². The summed E-state index contributed by atoms with van der Waals surface area (Å²) >= 11 is 5.79. The van der Waals surface area contributed by atoms with E-state index in [1.54, 1.807) is 18.2 Å². The third-order valence-electron chi connectivity index (χ3n) is 3.35. The quantitative estimate of drug-likeness (QED) is 0.873. The van der Waals surface area contributed by atoms with Gasteiger partial charge in [-0.2, -0.15) is 0 Å². The summed E-state index contributed by atoms with van der Waals surface area (Å²) in [5.41, 5.74) is 0.353. The number of amides is 2. The van der Waals surface area contributed by atoms with Gasteiger partial charge in [0.15, 0.2) is 0 Å². The molecule has 1 aromatic carbocycles. The highest BCUT2D eigenvalue weighted by Crippen LogP contribution is 2.17. The molecular weight excluding hydrogens is 296 g/mol. The number of hydrogen-bond acceptors (Lipinski definition) is 3. The number of rotatable bonds is 4. The number of nitrogens with one attached hydrogen (secondary N) is 1. The Morgan fingerprint density at radius 2 is 2.14 bits per heavy atom. The molecule has 6 nitrogen and oxygen atoms in total. The average Bonchev–Trinajstić information content (AvgIpc) is 2.94. The third-order valence-corrected chi connectivity index (χ3v) is 3.58. The number of nitrogens with zero attached hydrogens (tertiary/aromatic N) is 1. The summed E-state index contributed by atoms with van der Waals surface area (Å²) in [6.07, 6.45) is 1.11. The van der Waals surface area contributed by atoms with E-state index in [4.69, 9.17) is 16.7 Å². The molecule has 0 aliphatic carbocycles. The Morgan fingerprint density at radius 1 is 1.38 bits per heavy atom. The van der Waals surface area contributed by atoms with Crippen molar-refractivity contribution < 1.29 is 19.5 Å². The standard InChI is InChI=1S/C14H15ClN2O4/c15-10-4-1-3-9(7-10)13(19)16-8-12(18)17-6-2-5-11(17)14(20)21/h1,3-4,7,11H,2,5-6,8H2,(H,16,19)(H,20,21)/t11-/m0/s1. The molecule has 0 saturated carbocycles. The van der Waals surface area contributed by atoms with Crippen molar-refractivity contribution in [2.75, 3.05) is 13.1 Å². The second-order valence-electron chi connectivity index (χ2n) is 4.78. The van der Waals surface area contributed by atoms with Gasteiger partial charge in [-0.15, -0.1) is 0 Å². The third kappa shape index (κ3) is 3.72. The highest BCUT2D eigenvalue weighted by molar-refractivity contribution is 6.30. The van der Waals surface area contributed by atoms with Crippen LogP contribution in [0.5, 0.6) is 0 Å². The molecule has 1 aliphatic rings. The number of likely N-dealkylation sites (tertiary alicyclic amines) is 1. The summed E-state index contributed by atoms with van der Waals surface area (Å²) in [5.74, 6) is -1.82. The molecule has 7 heteroatoms. The van der Waals surface area contributed by atoms with Crippen molar-refractivity contribution in [2.45, 2.75) is 18.9 Å². The Labute approximate surface area is 126 Å². The lowest BCUT2D eigenvalue weighted by atomic mass is 10.2. The average molecular weight is 311 g/mol. The molecule has 1 aliphatic heterocycles. The largest absolute Gasteiger partial charge is 0.480 e. The highest BCUT2D eigenvalue weighted by atomic mass is 35.5. The van der Waals surface area contributed by atoms with Gasteiger partial charge in [0.25, 0.3) is 5.91 Å². The van der Waals surface area contributed by atoms with E-state index in [1.807, 2.05) is 0 Å². The van der Waals surface area contributed by atoms with Crippen molar-refractivity contribution in [1.82, 2.24) is 10.2 Å². The van der Waals surface area contributed by atoms with Crippen molar-refractivity contribution in [2.24, 2.45) is 0 Å². The van der Waals surface area contributed by atoms with Gasteiger partial charge in [-0.25, -0.2) is 4.79 Å². The van der Waals surface area contributed by atoms with Crippen LogP contribution in [0.1, 0.15) is 23.2 Å². The van der Waals surface area contributed by atoms with Crippen LogP contribution in [0.3, 0.4) is 0 Å². The predicted octanol–water partition coefficient (Wildman–Crippen LogP) is 1.15. The second-order valence-corrected chi connectivity index (χ2v) is 5.21. The summed E-state index contributed by atoms with van der Waals surface area (Å²) in [6, 6.07) is 5.57. The number of hydrogen-bond donors (Lipinski definition) is 2. The second kappa shape index (κ2) is 6.58. The summed E-state index contributed by atoms with van der Waals surface area (Å²) in [4.78, 5) is 36.2. The molecule has 0 radical (unpaired) electrons. The molecule has 1 saturated heterocycles. The minimum atomic E-state index is -1.01. The van der Waals surface area contributed by atoms with Crippen LogP contribution < -0.4 is 5.32 Å². The van der Waals surface area contributed by atoms with Gasteiger partial charge in [0.2, 0.25) is 5.91 Å². The van der Waals surface area contributed by atoms with Gasteiger partial charge in [0.1, 0.15) is 6.04 Å². The van der Waals surface area contributed by atoms with Gasteiger partial charge in [0.05, 0.1) is 6.54 Å². The normalized spacial score (nSPS) is 17.6. The van der Waals surface area contributed by atoms with Crippen LogP contribution >= 0.6 is 11.6 Å². The van der Waals surface area contributed by atoms with Crippen molar-refractivity contribution >= 4 is 29.4 Å². The first-order valence-corrected chi connectivity index (χ1v) is 6.93. The number of halogens is 1. The van der Waals surface area contributed by atoms with Crippen LogP contribution in [-0.2, 0) is 9.59 Å². The maximum Gasteiger partial charge on any atom is 0.326 e. The molecule has 2 rings (SSSR count). The van der Waals surface area contributed by atoms with Gasteiger partial charge in [0, 0.05) is 17.1 Å². The number of aliphatic carboxylic acids is 1. The maximum atomic E-state index is 12.0. The van der Waals surface area contributed by atoms with Gasteiger partial charge < -0.3 is 15.3 Å². The Hall–Kier alpha value is -2.08. The number of benzene rings is 1. The lowest BCUT2D eigenvalue weighted by molar-refractivity contribution is -0.147. The zero-order valence-electron chi connectivity index (χ0n) is 11.2. The smallest absolute Gasteiger partial charge is 0.326 e. The van der Waals surface area contributed by atoms with E-state index < -0.39 is 23.8 Å². The summed E-state index contributed by atoms with van der Waals surface area (Å²) < 4.78 is 0. The minimum absolute atomic E-state index is 0.227. The molecule has 1 atom stereocenters. The number of carbonyl (C=O) groups is 3. The fourth-order valence-corrected chi connectivity index (χ4v) is 2.50. The Kier molecular flexibility index (Phi) is 4.80. The van der Waals surface area contributed by atoms with E-state index >= 15 is 0 Å². The van der Waals surface area contributed by atoms with Gasteiger partial charge in [-0.3, -0.25) is 9.59 Å². The van der Waals surface area contributed by atoms with Gasteiger partial charge >= 0.3 is 5.97 Å². The number of carboxylic acids is 1. The molecule has 0 bridgehead atoms. The Morgan fingerprint density at radius 3 is 2.81 bits per heavy atom. The maximum absolute atomic E-state index is 12.0. The summed E-state index contributed by atoms with van der Waals surface area (Å²) in [7, 11) is 0. The number of carboxylic acid groups (broad SMARTS) is 1. The van der Waals surface area contributed by atoms with E-state index in [1.165, 1.54) is 11.0 Å². The monoisotopic (exact) mass is 310 g/mol. The molecule has 2 N–H and O–H groups in total. The first-order chi connectivity index (χ1) is 9.99. The summed E-state index contributed by atoms with van der Waals surface area (Å²) in [6.45, 7) is 0.179. The molecular formula is C14H15ClN2O4. The van der Waals surface area contributed by atoms with Gasteiger partial charge in [-0.05, 0) is 31.0 Å². The number of carbonyl (C=O) groups excluding carboxylic acids is 2. The van der Waals surface area contributed by atoms with Crippen LogP contribution in [-0.4, -0.2) is 46.9 Å². The topological polar surface area (TPSA) is 86.7 Å². The molecule has 0 spiro atoms. The molecule has 1 aromatic rings. The van der Waals surface area contributed by atoms with Crippen molar-refractivity contribution in [3.63, 3.8) is 0 Å². The summed E-state index contributed by atoms with van der Waals surface area (Å²) in [5, 5.41) is 11.9. The zero-order chi connectivity index (χ0) is 15.4. The Bertz CT molecular complexity index is 576. The van der Waals surface area contributed by atoms with E-state index in [0.29, 0.717) is 30.0 Å². The Balaban J connectivity index is 1.92. The molecule has 2 amide bonds. The van der Waals surface area contributed by atoms with E-state index in [-0.39, 0.29) is 6.54 Å². The predicted molar refractivity (Wildman–Crippen MR) is 76.2 cm³/mol. The van der Waals surface area contributed by atoms with E-state index in [0.717, 1.165) is 0 Å². The zero-order valence-corrected chi connectivity index (χ0v) is 12.0. The van der Waals surface area contributed by atoms with E-state index in [9.17, 15) is 14.4 Å². The fourth-order valence-electron chi connectivity index (χ4n) is 2.31. The van der Waals surface area contributed by atoms with Crippen LogP contribution in [0.15, 0.2) is 24.3 Å². The van der Waals surface area contributed by atoms with Crippen molar-refractivity contribution in [1.29, 1.82) is 0 Å². The highest BCUT2D eigenvalue weighted by Gasteiger charge is 2.33. The molecule has 1 heterocycles. The van der Waals surface area contributed by atoms with E-state index in [2.05, 4.69) is 5.32 Å². The molecule has 0 unspecified atom stereocenters. The van der Waals surface area contributed by atoms with Crippen LogP contribution in [0.25, 0.3) is 0 Å². The van der Waals surface area contributed by atoms with Crippen LogP contribution in [0.4, 0.5) is 0 Å². The first-order valence-electron chi connectivity index (χ1n) is 6.55. The van der Waals surface area contributed by atoms with Crippen molar-refractivity contribution in [3.8, 4) is 0 Å². The molecule has 112 valence electrons. The SMILES string of the molecule is O=C(NCC(=O)N1CCC[C@H]1C(=O)O)c1cccc(Cl)c1. The minimum Gasteiger partial charge on any atom is -0.480 e. The van der Waals surface area contributed by atoms with Gasteiger partial charge in [-0.1, -0.05) is 17.7 Å². The lowest BCUT2D eigenvalue weighted by Crippen LogP contribution is -2.45. The fraction of sp³-hybridized carbons (Fsp3) is 0.357. The lowest BCUT2D eigenvalue weighted by Gasteiger charge is -2.21. The molecule has 1 fully saturated rings. The van der Waals surface area contributed by atoms with Crippen molar-refractivity contribution in [3.05, 3.63) is 34.9 Å². The molecule has 0 aromatic heterocycles. The first kappa shape index (κ1) is 15.3.